The molecule has 6 heteroatoms. The van der Waals surface area contributed by atoms with Crippen molar-refractivity contribution in [1.29, 1.82) is 0 Å². The number of aliphatic carboxylic acids is 1. The van der Waals surface area contributed by atoms with Gasteiger partial charge in [0.2, 0.25) is 0 Å². The van der Waals surface area contributed by atoms with Crippen LogP contribution in [0.25, 0.3) is 5.65 Å². The van der Waals surface area contributed by atoms with Crippen molar-refractivity contribution in [3.8, 4) is 0 Å². The second kappa shape index (κ2) is 5.32. The molecule has 0 aromatic carbocycles. The summed E-state index contributed by atoms with van der Waals surface area (Å²) in [6.07, 6.45) is 3.40. The molecule has 6 nitrogen and oxygen atoms in total. The van der Waals surface area contributed by atoms with E-state index in [-0.39, 0.29) is 11.6 Å². The third-order valence-corrected chi connectivity index (χ3v) is 3.07. The second-order valence-corrected chi connectivity index (χ2v) is 5.13. The number of amides is 1. The fourth-order valence-electron chi connectivity index (χ4n) is 1.92. The third kappa shape index (κ3) is 2.79. The van der Waals surface area contributed by atoms with E-state index in [9.17, 15) is 9.59 Å². The lowest BCUT2D eigenvalue weighted by molar-refractivity contribution is -0.140. The maximum atomic E-state index is 12.1. The van der Waals surface area contributed by atoms with Gasteiger partial charge in [0.25, 0.3) is 5.91 Å². The number of rotatable bonds is 4. The molecule has 0 unspecified atom stereocenters. The predicted molar refractivity (Wildman–Crippen MR) is 73.7 cm³/mol. The van der Waals surface area contributed by atoms with Gasteiger partial charge in [-0.3, -0.25) is 4.79 Å². The molecule has 2 heterocycles. The molecule has 0 radical (unpaired) electrons. The number of carboxylic acids is 1. The van der Waals surface area contributed by atoms with Crippen LogP contribution in [-0.4, -0.2) is 32.4 Å². The Balaban J connectivity index is 2.25. The van der Waals surface area contributed by atoms with Gasteiger partial charge in [0.05, 0.1) is 0 Å². The Bertz CT molecular complexity index is 661. The second-order valence-electron chi connectivity index (χ2n) is 5.13. The highest BCUT2D eigenvalue weighted by atomic mass is 16.4. The maximum absolute atomic E-state index is 12.1. The van der Waals surface area contributed by atoms with Crippen LogP contribution >= 0.6 is 0 Å². The van der Waals surface area contributed by atoms with E-state index in [0.717, 1.165) is 5.56 Å². The molecule has 1 amide bonds. The van der Waals surface area contributed by atoms with E-state index in [0.29, 0.717) is 5.65 Å². The number of carbonyl (C=O) groups is 2. The van der Waals surface area contributed by atoms with Crippen molar-refractivity contribution in [2.45, 2.75) is 26.8 Å². The Morgan fingerprint density at radius 3 is 2.70 bits per heavy atom. The van der Waals surface area contributed by atoms with E-state index in [1.54, 1.807) is 24.4 Å². The highest BCUT2D eigenvalue weighted by molar-refractivity contribution is 5.95. The van der Waals surface area contributed by atoms with Crippen LogP contribution in [-0.2, 0) is 4.79 Å². The number of aromatic nitrogens is 2. The van der Waals surface area contributed by atoms with Gasteiger partial charge in [-0.05, 0) is 30.5 Å². The van der Waals surface area contributed by atoms with E-state index in [1.165, 1.54) is 0 Å². The van der Waals surface area contributed by atoms with E-state index in [4.69, 9.17) is 5.11 Å². The van der Waals surface area contributed by atoms with Crippen LogP contribution in [0.3, 0.4) is 0 Å². The smallest absolute Gasteiger partial charge is 0.326 e. The van der Waals surface area contributed by atoms with Crippen molar-refractivity contribution in [3.63, 3.8) is 0 Å². The lowest BCUT2D eigenvalue weighted by Crippen LogP contribution is -2.44. The molecule has 20 heavy (non-hydrogen) atoms. The molecule has 0 spiro atoms. The van der Waals surface area contributed by atoms with Crippen LogP contribution in [0, 0.1) is 12.8 Å². The van der Waals surface area contributed by atoms with Gasteiger partial charge in [-0.2, -0.15) is 0 Å². The van der Waals surface area contributed by atoms with Crippen LogP contribution in [0.1, 0.15) is 29.9 Å². The monoisotopic (exact) mass is 275 g/mol. The van der Waals surface area contributed by atoms with Gasteiger partial charge in [0.1, 0.15) is 17.4 Å². The molecule has 106 valence electrons. The molecular formula is C14H17N3O3. The van der Waals surface area contributed by atoms with Gasteiger partial charge < -0.3 is 14.8 Å². The minimum absolute atomic E-state index is 0.198. The largest absolute Gasteiger partial charge is 0.480 e. The third-order valence-electron chi connectivity index (χ3n) is 3.07. The van der Waals surface area contributed by atoms with E-state index in [1.807, 2.05) is 25.3 Å². The summed E-state index contributed by atoms with van der Waals surface area (Å²) in [7, 11) is 0. The summed E-state index contributed by atoms with van der Waals surface area (Å²) >= 11 is 0. The van der Waals surface area contributed by atoms with Gasteiger partial charge >= 0.3 is 5.97 Å². The molecule has 0 bridgehead atoms. The minimum Gasteiger partial charge on any atom is -0.480 e. The summed E-state index contributed by atoms with van der Waals surface area (Å²) in [5.41, 5.74) is 1.91. The molecule has 1 atom stereocenters. The Kier molecular flexibility index (Phi) is 3.74. The molecule has 0 saturated heterocycles. The van der Waals surface area contributed by atoms with Crippen molar-refractivity contribution in [2.24, 2.45) is 5.92 Å². The zero-order valence-corrected chi connectivity index (χ0v) is 11.6. The summed E-state index contributed by atoms with van der Waals surface area (Å²) in [5, 5.41) is 11.6. The number of nitrogens with zero attached hydrogens (tertiary/aromatic N) is 2. The summed E-state index contributed by atoms with van der Waals surface area (Å²) in [4.78, 5) is 27.4. The Hall–Kier alpha value is -2.37. The number of carboxylic acid groups (broad SMARTS) is 1. The zero-order valence-electron chi connectivity index (χ0n) is 11.6. The first-order chi connectivity index (χ1) is 9.38. The quantitative estimate of drug-likeness (QED) is 0.885. The topological polar surface area (TPSA) is 83.7 Å². The first-order valence-corrected chi connectivity index (χ1v) is 6.37. The number of fused-ring (bicyclic) bond motifs is 1. The highest BCUT2D eigenvalue weighted by Gasteiger charge is 2.24. The van der Waals surface area contributed by atoms with E-state index >= 15 is 0 Å². The standard InChI is InChI=1S/C14H17N3O3/c1-8(2)12(14(19)20)16-13(18)10-7-17-5-4-9(3)6-11(17)15-10/h4-8,12H,1-3H3,(H,16,18)(H,19,20)/t12-/m0/s1. The Labute approximate surface area is 116 Å². The van der Waals surface area contributed by atoms with Crippen molar-refractivity contribution in [2.75, 3.05) is 0 Å². The molecule has 2 aromatic rings. The molecule has 0 fully saturated rings. The van der Waals surface area contributed by atoms with Crippen LogP contribution in [0.15, 0.2) is 24.5 Å². The summed E-state index contributed by atoms with van der Waals surface area (Å²) in [6.45, 7) is 5.42. The number of hydrogen-bond acceptors (Lipinski definition) is 3. The number of hydrogen-bond donors (Lipinski definition) is 2. The van der Waals surface area contributed by atoms with Crippen molar-refractivity contribution < 1.29 is 14.7 Å². The number of aryl methyl sites for hydroxylation is 1. The highest BCUT2D eigenvalue weighted by Crippen LogP contribution is 2.09. The lowest BCUT2D eigenvalue weighted by atomic mass is 10.0. The maximum Gasteiger partial charge on any atom is 0.326 e. The first-order valence-electron chi connectivity index (χ1n) is 6.37. The van der Waals surface area contributed by atoms with E-state index in [2.05, 4.69) is 10.3 Å². The summed E-state index contributed by atoms with van der Waals surface area (Å²) < 4.78 is 1.73. The first kappa shape index (κ1) is 14.0. The summed E-state index contributed by atoms with van der Waals surface area (Å²) in [6, 6.07) is 2.84. The molecule has 2 aromatic heterocycles. The van der Waals surface area contributed by atoms with Crippen LogP contribution in [0.4, 0.5) is 0 Å². The number of carbonyl (C=O) groups excluding carboxylic acids is 1. The Morgan fingerprint density at radius 2 is 2.10 bits per heavy atom. The fraction of sp³-hybridized carbons (Fsp3) is 0.357. The molecule has 0 saturated carbocycles. The lowest BCUT2D eigenvalue weighted by Gasteiger charge is -2.16. The van der Waals surface area contributed by atoms with Crippen molar-refractivity contribution in [1.82, 2.24) is 14.7 Å². The average molecular weight is 275 g/mol. The van der Waals surface area contributed by atoms with Gasteiger partial charge in [0.15, 0.2) is 0 Å². The fourth-order valence-corrected chi connectivity index (χ4v) is 1.92. The van der Waals surface area contributed by atoms with Crippen LogP contribution < -0.4 is 5.32 Å². The molecule has 2 N–H and O–H groups in total. The zero-order chi connectivity index (χ0) is 14.9. The number of pyridine rings is 1. The minimum atomic E-state index is -1.05. The molecule has 2 rings (SSSR count). The predicted octanol–water partition coefficient (Wildman–Crippen LogP) is 1.48. The molecule has 0 aliphatic rings. The summed E-state index contributed by atoms with van der Waals surface area (Å²) in [5.74, 6) is -1.73. The molecule has 0 aliphatic heterocycles. The van der Waals surface area contributed by atoms with Gasteiger partial charge in [-0.15, -0.1) is 0 Å². The Morgan fingerprint density at radius 1 is 1.40 bits per heavy atom. The van der Waals surface area contributed by atoms with Crippen molar-refractivity contribution >= 4 is 17.5 Å². The van der Waals surface area contributed by atoms with Gasteiger partial charge in [-0.1, -0.05) is 13.8 Å². The van der Waals surface area contributed by atoms with Crippen LogP contribution in [0.2, 0.25) is 0 Å². The van der Waals surface area contributed by atoms with Gasteiger partial charge in [-0.25, -0.2) is 9.78 Å². The molecular weight excluding hydrogens is 258 g/mol. The van der Waals surface area contributed by atoms with Gasteiger partial charge in [0, 0.05) is 12.4 Å². The SMILES string of the molecule is Cc1ccn2cc(C(=O)N[C@H](C(=O)O)C(C)C)nc2c1. The van der Waals surface area contributed by atoms with Crippen molar-refractivity contribution in [3.05, 3.63) is 35.8 Å². The average Bonchev–Trinajstić information content (AvgIpc) is 2.77. The van der Waals surface area contributed by atoms with E-state index < -0.39 is 17.9 Å². The number of nitrogens with one attached hydrogen (secondary N) is 1. The van der Waals surface area contributed by atoms with Crippen LogP contribution in [0.5, 0.6) is 0 Å². The number of imidazole rings is 1. The normalized spacial score (nSPS) is 12.6. The molecule has 0 aliphatic carbocycles.